The highest BCUT2D eigenvalue weighted by Crippen LogP contribution is 2.30. The number of hydrogen-bond acceptors (Lipinski definition) is 7. The topological polar surface area (TPSA) is 117 Å². The quantitative estimate of drug-likeness (QED) is 0.289. The van der Waals surface area contributed by atoms with Crippen molar-refractivity contribution < 1.29 is 18.0 Å². The summed E-state index contributed by atoms with van der Waals surface area (Å²) in [5.74, 6) is 0.308. The summed E-state index contributed by atoms with van der Waals surface area (Å²) in [6.07, 6.45) is 0.837. The third-order valence-corrected chi connectivity index (χ3v) is 10.1. The number of nitrogens with zero attached hydrogens (tertiary/aromatic N) is 5. The van der Waals surface area contributed by atoms with Crippen LogP contribution in [0.3, 0.4) is 0 Å². The Balaban J connectivity index is 1.35. The molecule has 0 atom stereocenters. The van der Waals surface area contributed by atoms with Crippen LogP contribution in [0.5, 0.6) is 0 Å². The number of carbonyl (C=O) groups is 2. The molecule has 4 aromatic rings. The number of sulfonamides is 1. The molecular formula is C30H32N6O4S2. The molecule has 0 saturated carbocycles. The van der Waals surface area contributed by atoms with Gasteiger partial charge in [0.05, 0.1) is 22.9 Å². The molecule has 3 aromatic carbocycles. The van der Waals surface area contributed by atoms with Crippen LogP contribution in [0, 0.1) is 13.8 Å². The van der Waals surface area contributed by atoms with Gasteiger partial charge in [-0.1, -0.05) is 42.1 Å². The Kier molecular flexibility index (Phi) is 8.48. The standard InChI is InChI=1S/C30H32N6O4S2/c1-20-8-7-11-25(21(20)2)36-27(18-31-29(38)23-12-14-24(15-13-23)42(39,40)34(3)4)32-33-30(36)41-19-28(37)35-17-16-22-9-5-6-10-26(22)35/h5-15H,16-19H2,1-4H3,(H,31,38). The van der Waals surface area contributed by atoms with E-state index in [0.717, 1.165) is 33.2 Å². The lowest BCUT2D eigenvalue weighted by molar-refractivity contribution is -0.116. The van der Waals surface area contributed by atoms with Crippen molar-refractivity contribution in [3.8, 4) is 5.69 Å². The summed E-state index contributed by atoms with van der Waals surface area (Å²) >= 11 is 1.31. The van der Waals surface area contributed by atoms with Gasteiger partial charge in [-0.15, -0.1) is 10.2 Å². The summed E-state index contributed by atoms with van der Waals surface area (Å²) < 4.78 is 27.7. The molecule has 218 valence electrons. The molecule has 1 N–H and O–H groups in total. The third kappa shape index (κ3) is 5.83. The fraction of sp³-hybridized carbons (Fsp3) is 0.267. The highest BCUT2D eigenvalue weighted by atomic mass is 32.2. The first-order chi connectivity index (χ1) is 20.1. The van der Waals surface area contributed by atoms with Gasteiger partial charge < -0.3 is 10.2 Å². The predicted molar refractivity (Wildman–Crippen MR) is 163 cm³/mol. The summed E-state index contributed by atoms with van der Waals surface area (Å²) in [4.78, 5) is 28.1. The zero-order valence-electron chi connectivity index (χ0n) is 23.9. The van der Waals surface area contributed by atoms with E-state index in [-0.39, 0.29) is 29.0 Å². The Morgan fingerprint density at radius 3 is 2.40 bits per heavy atom. The number of aryl methyl sites for hydroxylation is 1. The molecule has 0 spiro atoms. The normalized spacial score (nSPS) is 12.9. The van der Waals surface area contributed by atoms with Crippen molar-refractivity contribution in [2.24, 2.45) is 0 Å². The molecule has 0 unspecified atom stereocenters. The Hall–Kier alpha value is -4.00. The van der Waals surface area contributed by atoms with Crippen LogP contribution in [-0.2, 0) is 27.8 Å². The zero-order chi connectivity index (χ0) is 30.0. The molecule has 12 heteroatoms. The average Bonchev–Trinajstić information content (AvgIpc) is 3.60. The first kappa shape index (κ1) is 29.5. The highest BCUT2D eigenvalue weighted by molar-refractivity contribution is 7.99. The molecule has 5 rings (SSSR count). The number of aromatic nitrogens is 3. The van der Waals surface area contributed by atoms with Crippen molar-refractivity contribution in [1.29, 1.82) is 0 Å². The number of anilines is 1. The molecule has 0 aliphatic carbocycles. The molecule has 0 saturated heterocycles. The number of thioether (sulfide) groups is 1. The maximum atomic E-state index is 13.2. The number of fused-ring (bicyclic) bond motifs is 1. The molecule has 2 heterocycles. The largest absolute Gasteiger partial charge is 0.345 e. The van der Waals surface area contributed by atoms with E-state index in [1.807, 2.05) is 65.8 Å². The minimum atomic E-state index is -3.60. The van der Waals surface area contributed by atoms with Crippen LogP contribution in [0.4, 0.5) is 5.69 Å². The fourth-order valence-electron chi connectivity index (χ4n) is 4.78. The van der Waals surface area contributed by atoms with Crippen LogP contribution < -0.4 is 10.2 Å². The number of carbonyl (C=O) groups excluding carboxylic acids is 2. The van der Waals surface area contributed by atoms with Gasteiger partial charge in [-0.05, 0) is 73.4 Å². The van der Waals surface area contributed by atoms with Crippen molar-refractivity contribution >= 4 is 39.3 Å². The van der Waals surface area contributed by atoms with Gasteiger partial charge in [-0.25, -0.2) is 12.7 Å². The second-order valence-corrected chi connectivity index (χ2v) is 13.3. The molecule has 1 aromatic heterocycles. The summed E-state index contributed by atoms with van der Waals surface area (Å²) in [6, 6.07) is 19.6. The minimum Gasteiger partial charge on any atom is -0.345 e. The molecule has 1 aliphatic heterocycles. The van der Waals surface area contributed by atoms with Crippen molar-refractivity contribution in [2.45, 2.75) is 36.9 Å². The van der Waals surface area contributed by atoms with Crippen LogP contribution >= 0.6 is 11.8 Å². The lowest BCUT2D eigenvalue weighted by Gasteiger charge is -2.18. The summed E-state index contributed by atoms with van der Waals surface area (Å²) in [5.41, 5.74) is 5.42. The van der Waals surface area contributed by atoms with Gasteiger partial charge in [0.2, 0.25) is 15.9 Å². The SMILES string of the molecule is Cc1cccc(-n2c(CNC(=O)c3ccc(S(=O)(=O)N(C)C)cc3)nnc2SCC(=O)N2CCc3ccccc32)c1C. The van der Waals surface area contributed by atoms with Crippen molar-refractivity contribution in [2.75, 3.05) is 31.3 Å². The molecule has 42 heavy (non-hydrogen) atoms. The fourth-order valence-corrected chi connectivity index (χ4v) is 6.52. The monoisotopic (exact) mass is 604 g/mol. The van der Waals surface area contributed by atoms with Crippen molar-refractivity contribution in [3.05, 3.63) is 94.8 Å². The van der Waals surface area contributed by atoms with Crippen LogP contribution in [0.2, 0.25) is 0 Å². The van der Waals surface area contributed by atoms with Gasteiger partial charge in [0.25, 0.3) is 5.91 Å². The molecule has 10 nitrogen and oxygen atoms in total. The summed E-state index contributed by atoms with van der Waals surface area (Å²) in [5, 5.41) is 12.2. The molecule has 0 fully saturated rings. The van der Waals surface area contributed by atoms with Crippen LogP contribution in [0.15, 0.2) is 76.8 Å². The Morgan fingerprint density at radius 1 is 0.952 bits per heavy atom. The average molecular weight is 605 g/mol. The number of rotatable bonds is 9. The molecule has 0 bridgehead atoms. The van der Waals surface area contributed by atoms with Crippen LogP contribution in [-0.4, -0.2) is 65.7 Å². The summed E-state index contributed by atoms with van der Waals surface area (Å²) in [6.45, 7) is 4.76. The maximum Gasteiger partial charge on any atom is 0.251 e. The lowest BCUT2D eigenvalue weighted by atomic mass is 10.1. The van der Waals surface area contributed by atoms with Gasteiger partial charge in [0, 0.05) is 31.9 Å². The Bertz CT molecular complexity index is 1750. The number of benzene rings is 3. The minimum absolute atomic E-state index is 0.00459. The highest BCUT2D eigenvalue weighted by Gasteiger charge is 2.26. The smallest absolute Gasteiger partial charge is 0.251 e. The number of nitrogens with one attached hydrogen (secondary N) is 1. The van der Waals surface area contributed by atoms with E-state index in [4.69, 9.17) is 0 Å². The number of para-hydroxylation sites is 1. The maximum absolute atomic E-state index is 13.2. The van der Waals surface area contributed by atoms with E-state index < -0.39 is 10.0 Å². The van der Waals surface area contributed by atoms with E-state index in [9.17, 15) is 18.0 Å². The van der Waals surface area contributed by atoms with Crippen molar-refractivity contribution in [3.63, 3.8) is 0 Å². The van der Waals surface area contributed by atoms with Gasteiger partial charge in [-0.2, -0.15) is 0 Å². The van der Waals surface area contributed by atoms with E-state index >= 15 is 0 Å². The Morgan fingerprint density at radius 2 is 1.67 bits per heavy atom. The zero-order valence-corrected chi connectivity index (χ0v) is 25.5. The number of amides is 2. The second-order valence-electron chi connectivity index (χ2n) is 10.2. The summed E-state index contributed by atoms with van der Waals surface area (Å²) in [7, 11) is -0.688. The van der Waals surface area contributed by atoms with Crippen molar-refractivity contribution in [1.82, 2.24) is 24.4 Å². The number of hydrogen-bond donors (Lipinski definition) is 1. The molecule has 2 amide bonds. The first-order valence-corrected chi connectivity index (χ1v) is 15.8. The van der Waals surface area contributed by atoms with Gasteiger partial charge >= 0.3 is 0 Å². The Labute approximate surface area is 249 Å². The van der Waals surface area contributed by atoms with E-state index in [0.29, 0.717) is 23.1 Å². The van der Waals surface area contributed by atoms with Crippen LogP contribution in [0.1, 0.15) is 32.9 Å². The molecular weight excluding hydrogens is 573 g/mol. The van der Waals surface area contributed by atoms with Gasteiger partial charge in [0.15, 0.2) is 11.0 Å². The van der Waals surface area contributed by atoms with Gasteiger partial charge in [0.1, 0.15) is 0 Å². The first-order valence-electron chi connectivity index (χ1n) is 13.4. The second kappa shape index (κ2) is 12.1. The lowest BCUT2D eigenvalue weighted by Crippen LogP contribution is -2.30. The van der Waals surface area contributed by atoms with E-state index in [1.54, 1.807) is 0 Å². The van der Waals surface area contributed by atoms with Crippen LogP contribution in [0.25, 0.3) is 5.69 Å². The molecule has 1 aliphatic rings. The molecule has 0 radical (unpaired) electrons. The van der Waals surface area contributed by atoms with E-state index in [2.05, 4.69) is 15.5 Å². The van der Waals surface area contributed by atoms with Gasteiger partial charge in [-0.3, -0.25) is 14.2 Å². The van der Waals surface area contributed by atoms with E-state index in [1.165, 1.54) is 55.7 Å². The predicted octanol–water partition coefficient (Wildman–Crippen LogP) is 3.75. The third-order valence-electron chi connectivity index (χ3n) is 7.33.